The fraction of sp³-hybridized carbons (Fsp3) is 0.867. The van der Waals surface area contributed by atoms with E-state index in [1.165, 1.54) is 19.3 Å². The molecule has 0 aromatic heterocycles. The number of nitrogens with two attached hydrogens (primary N) is 1. The van der Waals surface area contributed by atoms with Gasteiger partial charge in [-0.2, -0.15) is 0 Å². The predicted octanol–water partition coefficient (Wildman–Crippen LogP) is 1.67. The molecule has 7 heteroatoms. The van der Waals surface area contributed by atoms with E-state index in [2.05, 4.69) is 16.0 Å². The summed E-state index contributed by atoms with van der Waals surface area (Å²) < 4.78 is 0. The van der Waals surface area contributed by atoms with E-state index < -0.39 is 0 Å². The molecule has 0 aliphatic heterocycles. The van der Waals surface area contributed by atoms with Crippen molar-refractivity contribution in [3.63, 3.8) is 0 Å². The van der Waals surface area contributed by atoms with E-state index in [1.807, 2.05) is 13.8 Å². The average Bonchev–Trinajstić information content (AvgIpc) is 2.44. The fourth-order valence-corrected chi connectivity index (χ4v) is 2.43. The molecule has 5 N–H and O–H groups in total. The molecular formula is C15H31ClN4O2. The van der Waals surface area contributed by atoms with Crippen LogP contribution in [0, 0.1) is 0 Å². The lowest BCUT2D eigenvalue weighted by Crippen LogP contribution is -2.49. The molecule has 3 amide bonds. The normalized spacial score (nSPS) is 15.6. The summed E-state index contributed by atoms with van der Waals surface area (Å²) in [5.41, 5.74) is 5.19. The first kappa shape index (κ1) is 21.0. The highest BCUT2D eigenvalue weighted by atomic mass is 35.5. The minimum Gasteiger partial charge on any atom is -0.350 e. The van der Waals surface area contributed by atoms with E-state index in [9.17, 15) is 9.59 Å². The van der Waals surface area contributed by atoms with Crippen LogP contribution in [0.3, 0.4) is 0 Å². The Bertz CT molecular complexity index is 344. The van der Waals surface area contributed by atoms with Gasteiger partial charge in [0.1, 0.15) is 0 Å². The minimum atomic E-state index is -0.372. The molecule has 0 unspecified atom stereocenters. The van der Waals surface area contributed by atoms with Crippen LogP contribution in [0.1, 0.15) is 58.8 Å². The van der Waals surface area contributed by atoms with Crippen molar-refractivity contribution in [2.24, 2.45) is 5.73 Å². The summed E-state index contributed by atoms with van der Waals surface area (Å²) in [4.78, 5) is 23.4. The number of nitrogens with one attached hydrogen (secondary N) is 3. The lowest BCUT2D eigenvalue weighted by molar-refractivity contribution is -0.122. The topological polar surface area (TPSA) is 96.2 Å². The summed E-state index contributed by atoms with van der Waals surface area (Å²) in [5, 5.41) is 8.66. The van der Waals surface area contributed by atoms with Gasteiger partial charge in [0.05, 0.1) is 0 Å². The van der Waals surface area contributed by atoms with Gasteiger partial charge < -0.3 is 21.7 Å². The molecule has 0 spiro atoms. The van der Waals surface area contributed by atoms with Crippen LogP contribution in [-0.4, -0.2) is 36.6 Å². The molecule has 0 radical (unpaired) electrons. The molecule has 0 heterocycles. The van der Waals surface area contributed by atoms with Crippen LogP contribution < -0.4 is 21.7 Å². The second-order valence-corrected chi connectivity index (χ2v) is 6.47. The zero-order valence-corrected chi connectivity index (χ0v) is 14.6. The number of halogens is 1. The van der Waals surface area contributed by atoms with E-state index in [-0.39, 0.29) is 29.9 Å². The lowest BCUT2D eigenvalue weighted by Gasteiger charge is -2.24. The van der Waals surface area contributed by atoms with E-state index in [4.69, 9.17) is 5.73 Å². The fourth-order valence-electron chi connectivity index (χ4n) is 2.43. The van der Waals surface area contributed by atoms with Crippen molar-refractivity contribution in [3.05, 3.63) is 0 Å². The Hall–Kier alpha value is -1.01. The van der Waals surface area contributed by atoms with Gasteiger partial charge in [0.15, 0.2) is 0 Å². The van der Waals surface area contributed by atoms with Crippen LogP contribution in [0.2, 0.25) is 0 Å². The largest absolute Gasteiger partial charge is 0.350 e. The molecule has 1 aliphatic carbocycles. The summed E-state index contributed by atoms with van der Waals surface area (Å²) >= 11 is 0. The third kappa shape index (κ3) is 9.10. The second-order valence-electron chi connectivity index (χ2n) is 6.47. The summed E-state index contributed by atoms with van der Waals surface area (Å²) in [7, 11) is 0. The average molecular weight is 335 g/mol. The maximum Gasteiger partial charge on any atom is 0.315 e. The standard InChI is InChI=1S/C15H30N4O2.ClH/c1-15(2,11-16)19-13(20)9-6-10-17-14(21)18-12-7-4-3-5-8-12;/h12H,3-11,16H2,1-2H3,(H,19,20)(H2,17,18,21);1H. The molecule has 0 atom stereocenters. The van der Waals surface area contributed by atoms with Crippen molar-refractivity contribution in [3.8, 4) is 0 Å². The van der Waals surface area contributed by atoms with Crippen LogP contribution in [0.5, 0.6) is 0 Å². The molecule has 0 aromatic rings. The van der Waals surface area contributed by atoms with Crippen molar-refractivity contribution in [1.29, 1.82) is 0 Å². The maximum absolute atomic E-state index is 11.7. The van der Waals surface area contributed by atoms with Crippen molar-refractivity contribution in [2.45, 2.75) is 70.4 Å². The smallest absolute Gasteiger partial charge is 0.315 e. The lowest BCUT2D eigenvalue weighted by atomic mass is 9.96. The predicted molar refractivity (Wildman–Crippen MR) is 91.2 cm³/mol. The second kappa shape index (κ2) is 10.7. The van der Waals surface area contributed by atoms with Gasteiger partial charge in [-0.3, -0.25) is 4.79 Å². The SMILES string of the molecule is CC(C)(CN)NC(=O)CCCNC(=O)NC1CCCCC1.Cl. The Labute approximate surface area is 139 Å². The minimum absolute atomic E-state index is 0. The molecular weight excluding hydrogens is 304 g/mol. The first-order valence-electron chi connectivity index (χ1n) is 7.98. The molecule has 1 rings (SSSR count). The van der Waals surface area contributed by atoms with Crippen LogP contribution in [0.15, 0.2) is 0 Å². The van der Waals surface area contributed by atoms with E-state index in [0.29, 0.717) is 32.0 Å². The Morgan fingerprint density at radius 3 is 2.41 bits per heavy atom. The number of hydrogen-bond donors (Lipinski definition) is 4. The molecule has 1 aliphatic rings. The van der Waals surface area contributed by atoms with Crippen molar-refractivity contribution < 1.29 is 9.59 Å². The summed E-state index contributed by atoms with van der Waals surface area (Å²) in [6, 6.07) is 0.192. The number of urea groups is 1. The Balaban J connectivity index is 0.00000441. The highest BCUT2D eigenvalue weighted by Crippen LogP contribution is 2.17. The maximum atomic E-state index is 11.7. The van der Waals surface area contributed by atoms with Crippen LogP contribution in [-0.2, 0) is 4.79 Å². The van der Waals surface area contributed by atoms with Gasteiger partial charge in [-0.1, -0.05) is 19.3 Å². The molecule has 22 heavy (non-hydrogen) atoms. The van der Waals surface area contributed by atoms with Gasteiger partial charge in [-0.05, 0) is 33.1 Å². The molecule has 130 valence electrons. The first-order chi connectivity index (χ1) is 9.93. The van der Waals surface area contributed by atoms with Gasteiger partial charge in [-0.25, -0.2) is 4.79 Å². The Morgan fingerprint density at radius 1 is 1.18 bits per heavy atom. The summed E-state index contributed by atoms with van der Waals surface area (Å²) in [5.74, 6) is -0.0278. The highest BCUT2D eigenvalue weighted by molar-refractivity contribution is 5.85. The Morgan fingerprint density at radius 2 is 1.82 bits per heavy atom. The van der Waals surface area contributed by atoms with Gasteiger partial charge in [-0.15, -0.1) is 12.4 Å². The van der Waals surface area contributed by atoms with Crippen LogP contribution >= 0.6 is 12.4 Å². The summed E-state index contributed by atoms with van der Waals surface area (Å²) in [6.45, 7) is 4.69. The quantitative estimate of drug-likeness (QED) is 0.533. The number of carbonyl (C=O) groups is 2. The van der Waals surface area contributed by atoms with Gasteiger partial charge in [0.2, 0.25) is 5.91 Å². The van der Waals surface area contributed by atoms with E-state index >= 15 is 0 Å². The van der Waals surface area contributed by atoms with Gasteiger partial charge in [0, 0.05) is 31.1 Å². The van der Waals surface area contributed by atoms with Crippen molar-refractivity contribution >= 4 is 24.3 Å². The van der Waals surface area contributed by atoms with Crippen LogP contribution in [0.25, 0.3) is 0 Å². The third-order valence-corrected chi connectivity index (χ3v) is 3.79. The highest BCUT2D eigenvalue weighted by Gasteiger charge is 2.18. The molecule has 6 nitrogen and oxygen atoms in total. The molecule has 0 bridgehead atoms. The zero-order valence-electron chi connectivity index (χ0n) is 13.7. The summed E-state index contributed by atoms with van der Waals surface area (Å²) in [6.07, 6.45) is 6.84. The molecule has 0 aromatic carbocycles. The molecule has 1 saturated carbocycles. The molecule has 1 fully saturated rings. The Kier molecular flexibility index (Phi) is 10.2. The van der Waals surface area contributed by atoms with Gasteiger partial charge in [0.25, 0.3) is 0 Å². The van der Waals surface area contributed by atoms with Crippen molar-refractivity contribution in [1.82, 2.24) is 16.0 Å². The van der Waals surface area contributed by atoms with E-state index in [1.54, 1.807) is 0 Å². The number of amides is 3. The zero-order chi connectivity index (χ0) is 15.7. The van der Waals surface area contributed by atoms with Crippen molar-refractivity contribution in [2.75, 3.05) is 13.1 Å². The first-order valence-corrected chi connectivity index (χ1v) is 7.98. The monoisotopic (exact) mass is 334 g/mol. The van der Waals surface area contributed by atoms with E-state index in [0.717, 1.165) is 12.8 Å². The van der Waals surface area contributed by atoms with Crippen LogP contribution in [0.4, 0.5) is 4.79 Å². The number of rotatable bonds is 7. The molecule has 0 saturated heterocycles. The third-order valence-electron chi connectivity index (χ3n) is 3.79. The number of carbonyl (C=O) groups excluding carboxylic acids is 2. The van der Waals surface area contributed by atoms with Gasteiger partial charge >= 0.3 is 6.03 Å². The number of hydrogen-bond acceptors (Lipinski definition) is 3.